The molecule has 0 aliphatic rings. The quantitative estimate of drug-likeness (QED) is 0.573. The summed E-state index contributed by atoms with van der Waals surface area (Å²) in [7, 11) is 1.23. The van der Waals surface area contributed by atoms with Crippen LogP contribution < -0.4 is 10.6 Å². The molecule has 2 N–H and O–H groups in total. The first-order chi connectivity index (χ1) is 11.9. The van der Waals surface area contributed by atoms with Crippen molar-refractivity contribution in [2.24, 2.45) is 4.99 Å². The van der Waals surface area contributed by atoms with E-state index in [0.717, 1.165) is 12.2 Å². The number of hydrogen-bond donors (Lipinski definition) is 2. The van der Waals surface area contributed by atoms with Gasteiger partial charge in [-0.2, -0.15) is 0 Å². The van der Waals surface area contributed by atoms with E-state index < -0.39 is 10.0 Å². The average Bonchev–Trinajstić information content (AvgIpc) is 3.11. The lowest BCUT2D eigenvalue weighted by Gasteiger charge is -2.16. The summed E-state index contributed by atoms with van der Waals surface area (Å²) < 4.78 is 31.3. The molecular formula is C17H24N4O3S. The van der Waals surface area contributed by atoms with Gasteiger partial charge in [0.15, 0.2) is 5.96 Å². The van der Waals surface area contributed by atoms with Crippen LogP contribution >= 0.6 is 0 Å². The summed E-state index contributed by atoms with van der Waals surface area (Å²) in [5.74, 6) is 1.49. The highest BCUT2D eigenvalue weighted by Crippen LogP contribution is 2.18. The van der Waals surface area contributed by atoms with Crippen molar-refractivity contribution >= 4 is 16.0 Å². The van der Waals surface area contributed by atoms with E-state index >= 15 is 0 Å². The van der Waals surface area contributed by atoms with Gasteiger partial charge in [-0.3, -0.25) is 4.99 Å². The normalized spacial score (nSPS) is 12.4. The van der Waals surface area contributed by atoms with Gasteiger partial charge in [0.05, 0.1) is 11.2 Å². The lowest BCUT2D eigenvalue weighted by Crippen LogP contribution is -2.38. The number of guanidine groups is 1. The number of furan rings is 1. The van der Waals surface area contributed by atoms with Crippen molar-refractivity contribution in [1.82, 2.24) is 14.9 Å². The SMILES string of the molecule is CN=C(NCCc1ccco1)NCc1ccccc1S(=O)(=O)N(C)C. The summed E-state index contributed by atoms with van der Waals surface area (Å²) in [5, 5.41) is 6.32. The molecule has 0 amide bonds. The first-order valence-electron chi connectivity index (χ1n) is 7.92. The third-order valence-corrected chi connectivity index (χ3v) is 5.56. The summed E-state index contributed by atoms with van der Waals surface area (Å²) in [6.07, 6.45) is 2.38. The molecule has 0 radical (unpaired) electrons. The molecule has 25 heavy (non-hydrogen) atoms. The number of nitrogens with one attached hydrogen (secondary N) is 2. The summed E-state index contributed by atoms with van der Waals surface area (Å²) in [6, 6.07) is 10.7. The van der Waals surface area contributed by atoms with Crippen molar-refractivity contribution < 1.29 is 12.8 Å². The van der Waals surface area contributed by atoms with E-state index in [1.807, 2.05) is 18.2 Å². The number of hydrogen-bond acceptors (Lipinski definition) is 4. The van der Waals surface area contributed by atoms with E-state index in [0.29, 0.717) is 29.5 Å². The van der Waals surface area contributed by atoms with Crippen LogP contribution in [0.4, 0.5) is 0 Å². The van der Waals surface area contributed by atoms with Crippen molar-refractivity contribution in [2.75, 3.05) is 27.7 Å². The molecule has 1 aromatic heterocycles. The largest absolute Gasteiger partial charge is 0.469 e. The first kappa shape index (κ1) is 19.0. The Morgan fingerprint density at radius 2 is 1.92 bits per heavy atom. The minimum absolute atomic E-state index is 0.290. The van der Waals surface area contributed by atoms with Crippen LogP contribution in [0, 0.1) is 0 Å². The van der Waals surface area contributed by atoms with Gasteiger partial charge in [-0.15, -0.1) is 0 Å². The Kier molecular flexibility index (Phi) is 6.60. The van der Waals surface area contributed by atoms with Gasteiger partial charge in [0.25, 0.3) is 0 Å². The Morgan fingerprint density at radius 3 is 2.56 bits per heavy atom. The molecule has 136 valence electrons. The van der Waals surface area contributed by atoms with Gasteiger partial charge in [0, 0.05) is 40.7 Å². The molecular weight excluding hydrogens is 340 g/mol. The molecule has 1 heterocycles. The number of sulfonamides is 1. The predicted octanol–water partition coefficient (Wildman–Crippen LogP) is 1.44. The van der Waals surface area contributed by atoms with Gasteiger partial charge in [0.2, 0.25) is 10.0 Å². The molecule has 7 nitrogen and oxygen atoms in total. The van der Waals surface area contributed by atoms with Gasteiger partial charge in [-0.1, -0.05) is 18.2 Å². The van der Waals surface area contributed by atoms with Crippen LogP contribution in [-0.2, 0) is 23.0 Å². The second-order valence-corrected chi connectivity index (χ2v) is 7.70. The van der Waals surface area contributed by atoms with Crippen molar-refractivity contribution in [2.45, 2.75) is 17.9 Å². The maximum atomic E-state index is 12.4. The van der Waals surface area contributed by atoms with Crippen LogP contribution in [0.2, 0.25) is 0 Å². The molecule has 0 aliphatic heterocycles. The van der Waals surface area contributed by atoms with Crippen LogP contribution in [-0.4, -0.2) is 46.4 Å². The first-order valence-corrected chi connectivity index (χ1v) is 9.36. The number of nitrogens with zero attached hydrogens (tertiary/aromatic N) is 2. The smallest absolute Gasteiger partial charge is 0.242 e. The number of rotatable bonds is 7. The molecule has 1 aromatic carbocycles. The van der Waals surface area contributed by atoms with E-state index in [9.17, 15) is 8.42 Å². The summed E-state index contributed by atoms with van der Waals surface area (Å²) in [5.41, 5.74) is 0.685. The highest BCUT2D eigenvalue weighted by atomic mass is 32.2. The Morgan fingerprint density at radius 1 is 1.16 bits per heavy atom. The second-order valence-electron chi connectivity index (χ2n) is 5.58. The summed E-state index contributed by atoms with van der Waals surface area (Å²) >= 11 is 0. The molecule has 0 fully saturated rings. The van der Waals surface area contributed by atoms with Gasteiger partial charge in [-0.05, 0) is 23.8 Å². The highest BCUT2D eigenvalue weighted by Gasteiger charge is 2.20. The fourth-order valence-corrected chi connectivity index (χ4v) is 3.37. The maximum absolute atomic E-state index is 12.4. The average molecular weight is 364 g/mol. The second kappa shape index (κ2) is 8.68. The molecule has 8 heteroatoms. The van der Waals surface area contributed by atoms with Gasteiger partial charge in [-0.25, -0.2) is 12.7 Å². The fraction of sp³-hybridized carbons (Fsp3) is 0.353. The number of benzene rings is 1. The van der Waals surface area contributed by atoms with E-state index in [1.54, 1.807) is 31.5 Å². The van der Waals surface area contributed by atoms with E-state index in [-0.39, 0.29) is 0 Å². The summed E-state index contributed by atoms with van der Waals surface area (Å²) in [4.78, 5) is 4.44. The zero-order chi connectivity index (χ0) is 18.3. The Labute approximate surface area is 148 Å². The molecule has 0 unspecified atom stereocenters. The van der Waals surface area contributed by atoms with Gasteiger partial charge >= 0.3 is 0 Å². The van der Waals surface area contributed by atoms with Crippen LogP contribution in [0.15, 0.2) is 57.0 Å². The minimum Gasteiger partial charge on any atom is -0.469 e. The topological polar surface area (TPSA) is 86.9 Å². The van der Waals surface area contributed by atoms with Crippen LogP contribution in [0.25, 0.3) is 0 Å². The Bertz CT molecular complexity index is 799. The van der Waals surface area contributed by atoms with Crippen LogP contribution in [0.1, 0.15) is 11.3 Å². The van der Waals surface area contributed by atoms with Gasteiger partial charge < -0.3 is 15.1 Å². The molecule has 0 bridgehead atoms. The molecule has 0 saturated carbocycles. The molecule has 0 saturated heterocycles. The summed E-state index contributed by atoms with van der Waals surface area (Å²) in [6.45, 7) is 1.01. The van der Waals surface area contributed by atoms with E-state index in [4.69, 9.17) is 4.42 Å². The zero-order valence-electron chi connectivity index (χ0n) is 14.7. The third kappa shape index (κ3) is 5.07. The lowest BCUT2D eigenvalue weighted by molar-refractivity contribution is 0.506. The minimum atomic E-state index is -3.49. The Hall–Kier alpha value is -2.32. The molecule has 0 atom stereocenters. The van der Waals surface area contributed by atoms with Crippen molar-refractivity contribution in [3.05, 3.63) is 54.0 Å². The molecule has 2 aromatic rings. The highest BCUT2D eigenvalue weighted by molar-refractivity contribution is 7.89. The number of aliphatic imine (C=N–C) groups is 1. The monoisotopic (exact) mass is 364 g/mol. The molecule has 0 spiro atoms. The van der Waals surface area contributed by atoms with Crippen molar-refractivity contribution in [3.63, 3.8) is 0 Å². The zero-order valence-corrected chi connectivity index (χ0v) is 15.5. The standard InChI is InChI=1S/C17H24N4O3S/c1-18-17(19-11-10-15-8-6-12-24-15)20-13-14-7-4-5-9-16(14)25(22,23)21(2)3/h4-9,12H,10-11,13H2,1-3H3,(H2,18,19,20). The van der Waals surface area contributed by atoms with Crippen molar-refractivity contribution in [1.29, 1.82) is 0 Å². The molecule has 0 aliphatic carbocycles. The third-order valence-electron chi connectivity index (χ3n) is 3.65. The van der Waals surface area contributed by atoms with Gasteiger partial charge in [0.1, 0.15) is 5.76 Å². The fourth-order valence-electron chi connectivity index (χ4n) is 2.26. The maximum Gasteiger partial charge on any atom is 0.242 e. The van der Waals surface area contributed by atoms with E-state index in [1.165, 1.54) is 18.4 Å². The van der Waals surface area contributed by atoms with Crippen LogP contribution in [0.5, 0.6) is 0 Å². The Balaban J connectivity index is 1.98. The predicted molar refractivity (Wildman–Crippen MR) is 97.9 cm³/mol. The van der Waals surface area contributed by atoms with E-state index in [2.05, 4.69) is 15.6 Å². The van der Waals surface area contributed by atoms with Crippen LogP contribution in [0.3, 0.4) is 0 Å². The lowest BCUT2D eigenvalue weighted by atomic mass is 10.2. The van der Waals surface area contributed by atoms with Crippen molar-refractivity contribution in [3.8, 4) is 0 Å². The molecule has 2 rings (SSSR count).